The van der Waals surface area contributed by atoms with Crippen LogP contribution >= 0.6 is 0 Å². The van der Waals surface area contributed by atoms with Gasteiger partial charge < -0.3 is 5.11 Å². The lowest BCUT2D eigenvalue weighted by Crippen LogP contribution is -2.50. The van der Waals surface area contributed by atoms with E-state index in [2.05, 4.69) is 18.7 Å². The highest BCUT2D eigenvalue weighted by Gasteiger charge is 2.33. The fraction of sp³-hybridized carbons (Fsp3) is 1.00. The molecule has 0 aromatic heterocycles. The molecule has 3 atom stereocenters. The van der Waals surface area contributed by atoms with Crippen molar-refractivity contribution >= 4 is 0 Å². The van der Waals surface area contributed by atoms with Gasteiger partial charge in [0.15, 0.2) is 0 Å². The maximum absolute atomic E-state index is 10.0. The number of rotatable bonds is 3. The van der Waals surface area contributed by atoms with E-state index in [-0.39, 0.29) is 6.10 Å². The van der Waals surface area contributed by atoms with Crippen LogP contribution in [0.25, 0.3) is 0 Å². The summed E-state index contributed by atoms with van der Waals surface area (Å²) < 4.78 is 0. The van der Waals surface area contributed by atoms with Crippen molar-refractivity contribution in [2.45, 2.75) is 64.5 Å². The topological polar surface area (TPSA) is 23.5 Å². The molecule has 0 aromatic carbocycles. The van der Waals surface area contributed by atoms with Crippen molar-refractivity contribution in [1.29, 1.82) is 0 Å². The molecular formula is C14H27NO. The number of fused-ring (bicyclic) bond motifs is 1. The molecule has 1 aliphatic carbocycles. The standard InChI is InChI=1S/C14H27NO/c1-11(2)14(16)10-15-9-5-7-12-6-3-4-8-13(12)15/h11-14,16H,3-10H2,1-2H3. The summed E-state index contributed by atoms with van der Waals surface area (Å²) in [4.78, 5) is 2.58. The highest BCUT2D eigenvalue weighted by molar-refractivity contribution is 4.88. The largest absolute Gasteiger partial charge is 0.392 e. The van der Waals surface area contributed by atoms with Gasteiger partial charge in [-0.25, -0.2) is 0 Å². The molecule has 1 N–H and O–H groups in total. The molecule has 1 aliphatic heterocycles. The van der Waals surface area contributed by atoms with Gasteiger partial charge in [0.1, 0.15) is 0 Å². The lowest BCUT2D eigenvalue weighted by Gasteiger charge is -2.45. The van der Waals surface area contributed by atoms with Gasteiger partial charge in [0.2, 0.25) is 0 Å². The molecule has 0 amide bonds. The zero-order valence-corrected chi connectivity index (χ0v) is 10.9. The van der Waals surface area contributed by atoms with Crippen LogP contribution in [0.5, 0.6) is 0 Å². The fourth-order valence-electron chi connectivity index (χ4n) is 3.41. The van der Waals surface area contributed by atoms with Gasteiger partial charge in [0.05, 0.1) is 6.10 Å². The van der Waals surface area contributed by atoms with Crippen molar-refractivity contribution in [3.63, 3.8) is 0 Å². The van der Waals surface area contributed by atoms with Gasteiger partial charge in [-0.3, -0.25) is 4.90 Å². The third kappa shape index (κ3) is 2.78. The van der Waals surface area contributed by atoms with Crippen LogP contribution in [0.2, 0.25) is 0 Å². The Kier molecular flexibility index (Phi) is 4.26. The highest BCUT2D eigenvalue weighted by atomic mass is 16.3. The van der Waals surface area contributed by atoms with E-state index in [4.69, 9.17) is 0 Å². The molecule has 0 bridgehead atoms. The summed E-state index contributed by atoms with van der Waals surface area (Å²) in [6, 6.07) is 0.788. The second kappa shape index (κ2) is 5.50. The van der Waals surface area contributed by atoms with Gasteiger partial charge in [-0.2, -0.15) is 0 Å². The molecule has 2 rings (SSSR count). The predicted octanol–water partition coefficient (Wildman–Crippen LogP) is 2.66. The van der Waals surface area contributed by atoms with Crippen molar-refractivity contribution in [2.24, 2.45) is 11.8 Å². The molecule has 2 nitrogen and oxygen atoms in total. The third-order valence-electron chi connectivity index (χ3n) is 4.55. The Bertz CT molecular complexity index is 215. The van der Waals surface area contributed by atoms with E-state index in [1.165, 1.54) is 45.1 Å². The molecular weight excluding hydrogens is 198 g/mol. The molecule has 1 heterocycles. The molecule has 2 aliphatic rings. The molecule has 1 saturated carbocycles. The molecule has 0 spiro atoms. The summed E-state index contributed by atoms with van der Waals surface area (Å²) in [6.07, 6.45) is 8.26. The zero-order chi connectivity index (χ0) is 11.5. The minimum absolute atomic E-state index is 0.138. The van der Waals surface area contributed by atoms with Gasteiger partial charge >= 0.3 is 0 Å². The van der Waals surface area contributed by atoms with Crippen molar-refractivity contribution < 1.29 is 5.11 Å². The first-order valence-electron chi connectivity index (χ1n) is 7.10. The summed E-state index contributed by atoms with van der Waals surface area (Å²) in [5.74, 6) is 1.32. The van der Waals surface area contributed by atoms with E-state index in [0.717, 1.165) is 18.5 Å². The molecule has 2 heteroatoms. The minimum Gasteiger partial charge on any atom is -0.392 e. The number of piperidine rings is 1. The number of nitrogens with zero attached hydrogens (tertiary/aromatic N) is 1. The van der Waals surface area contributed by atoms with Crippen molar-refractivity contribution in [3.05, 3.63) is 0 Å². The number of hydrogen-bond acceptors (Lipinski definition) is 2. The van der Waals surface area contributed by atoms with Crippen LogP contribution in [0.3, 0.4) is 0 Å². The number of likely N-dealkylation sites (tertiary alicyclic amines) is 1. The highest BCUT2D eigenvalue weighted by Crippen LogP contribution is 2.35. The Morgan fingerprint density at radius 3 is 2.56 bits per heavy atom. The van der Waals surface area contributed by atoms with Crippen LogP contribution < -0.4 is 0 Å². The van der Waals surface area contributed by atoms with Crippen LogP contribution in [-0.4, -0.2) is 35.2 Å². The quantitative estimate of drug-likeness (QED) is 0.798. The number of hydrogen-bond donors (Lipinski definition) is 1. The maximum Gasteiger partial charge on any atom is 0.0690 e. The molecule has 94 valence electrons. The van der Waals surface area contributed by atoms with E-state index in [1.54, 1.807) is 0 Å². The van der Waals surface area contributed by atoms with Crippen LogP contribution in [-0.2, 0) is 0 Å². The van der Waals surface area contributed by atoms with E-state index in [0.29, 0.717) is 5.92 Å². The summed E-state index contributed by atoms with van der Waals surface area (Å²) in [5.41, 5.74) is 0. The second-order valence-corrected chi connectivity index (χ2v) is 6.06. The van der Waals surface area contributed by atoms with Gasteiger partial charge in [-0.1, -0.05) is 26.7 Å². The molecule has 0 aromatic rings. The Morgan fingerprint density at radius 2 is 1.81 bits per heavy atom. The van der Waals surface area contributed by atoms with Crippen LogP contribution in [0.1, 0.15) is 52.4 Å². The maximum atomic E-state index is 10.0. The Balaban J connectivity index is 1.92. The van der Waals surface area contributed by atoms with Gasteiger partial charge in [0.25, 0.3) is 0 Å². The first kappa shape index (κ1) is 12.4. The molecule has 1 saturated heterocycles. The van der Waals surface area contributed by atoms with Crippen LogP contribution in [0.15, 0.2) is 0 Å². The molecule has 0 radical (unpaired) electrons. The van der Waals surface area contributed by atoms with Gasteiger partial charge in [0, 0.05) is 12.6 Å². The number of aliphatic hydroxyl groups excluding tert-OH is 1. The summed E-state index contributed by atoms with van der Waals surface area (Å²) in [6.45, 7) is 6.35. The van der Waals surface area contributed by atoms with E-state index in [1.807, 2.05) is 0 Å². The summed E-state index contributed by atoms with van der Waals surface area (Å²) in [7, 11) is 0. The first-order valence-corrected chi connectivity index (χ1v) is 7.10. The van der Waals surface area contributed by atoms with E-state index >= 15 is 0 Å². The van der Waals surface area contributed by atoms with Gasteiger partial charge in [-0.05, 0) is 44.1 Å². The Morgan fingerprint density at radius 1 is 1.12 bits per heavy atom. The Labute approximate surface area is 100 Å². The molecule has 2 fully saturated rings. The van der Waals surface area contributed by atoms with Crippen molar-refractivity contribution in [3.8, 4) is 0 Å². The van der Waals surface area contributed by atoms with Crippen molar-refractivity contribution in [2.75, 3.05) is 13.1 Å². The average Bonchev–Trinajstić information content (AvgIpc) is 2.29. The first-order chi connectivity index (χ1) is 7.68. The lowest BCUT2D eigenvalue weighted by molar-refractivity contribution is 0.00700. The average molecular weight is 225 g/mol. The van der Waals surface area contributed by atoms with Crippen LogP contribution in [0.4, 0.5) is 0 Å². The number of aliphatic hydroxyl groups is 1. The summed E-state index contributed by atoms with van der Waals surface area (Å²) >= 11 is 0. The summed E-state index contributed by atoms with van der Waals surface area (Å²) in [5, 5.41) is 10.0. The van der Waals surface area contributed by atoms with E-state index in [9.17, 15) is 5.11 Å². The molecule has 16 heavy (non-hydrogen) atoms. The third-order valence-corrected chi connectivity index (χ3v) is 4.55. The SMILES string of the molecule is CC(C)C(O)CN1CCCC2CCCCC21. The predicted molar refractivity (Wildman–Crippen MR) is 67.4 cm³/mol. The lowest BCUT2D eigenvalue weighted by atomic mass is 9.78. The van der Waals surface area contributed by atoms with E-state index < -0.39 is 0 Å². The fourth-order valence-corrected chi connectivity index (χ4v) is 3.41. The normalized spacial score (nSPS) is 33.8. The van der Waals surface area contributed by atoms with Crippen LogP contribution in [0, 0.1) is 11.8 Å². The Hall–Kier alpha value is -0.0800. The van der Waals surface area contributed by atoms with Crippen molar-refractivity contribution in [1.82, 2.24) is 4.90 Å². The number of β-amino-alcohol motifs (C(OH)–C–C–N with tert-alkyl or cyclic N) is 1. The smallest absolute Gasteiger partial charge is 0.0690 e. The monoisotopic (exact) mass is 225 g/mol. The minimum atomic E-state index is -0.138. The molecule has 3 unspecified atom stereocenters. The second-order valence-electron chi connectivity index (χ2n) is 6.06. The van der Waals surface area contributed by atoms with Gasteiger partial charge in [-0.15, -0.1) is 0 Å². The zero-order valence-electron chi connectivity index (χ0n) is 10.9.